The Kier molecular flexibility index (Phi) is 8.35. The van der Waals surface area contributed by atoms with E-state index in [1.54, 1.807) is 11.8 Å². The summed E-state index contributed by atoms with van der Waals surface area (Å²) in [5, 5.41) is 0.719. The largest absolute Gasteiger partial charge is 0.487 e. The topological polar surface area (TPSA) is 64.8 Å². The Morgan fingerprint density at radius 1 is 1.17 bits per heavy atom. The molecule has 0 amide bonds. The van der Waals surface area contributed by atoms with E-state index in [1.807, 2.05) is 13.1 Å². The van der Waals surface area contributed by atoms with E-state index >= 15 is 0 Å². The van der Waals surface area contributed by atoms with Crippen molar-refractivity contribution in [2.75, 3.05) is 32.6 Å². The SMILES string of the molecule is CN(Cc1cc(=O)c(OCCCCCSc2ccnc3cc(C(F)(F)F)ccc23)co1)C1COC1. The van der Waals surface area contributed by atoms with E-state index in [0.717, 1.165) is 47.4 Å². The lowest BCUT2D eigenvalue weighted by Crippen LogP contribution is -2.46. The van der Waals surface area contributed by atoms with Crippen LogP contribution in [0.1, 0.15) is 30.6 Å². The molecular formula is C25H27F3N2O4S. The van der Waals surface area contributed by atoms with E-state index in [2.05, 4.69) is 9.88 Å². The van der Waals surface area contributed by atoms with E-state index in [1.165, 1.54) is 24.6 Å². The van der Waals surface area contributed by atoms with Gasteiger partial charge in [-0.05, 0) is 50.3 Å². The number of thioether (sulfide) groups is 1. The number of fused-ring (bicyclic) bond motifs is 1. The Morgan fingerprint density at radius 2 is 2.00 bits per heavy atom. The van der Waals surface area contributed by atoms with Gasteiger partial charge in [-0.1, -0.05) is 6.07 Å². The number of unbranched alkanes of at least 4 members (excludes halogenated alkanes) is 2. The Hall–Kier alpha value is -2.56. The van der Waals surface area contributed by atoms with Gasteiger partial charge in [0.1, 0.15) is 12.0 Å². The van der Waals surface area contributed by atoms with Gasteiger partial charge in [0.2, 0.25) is 11.2 Å². The van der Waals surface area contributed by atoms with E-state index in [0.29, 0.717) is 43.7 Å². The van der Waals surface area contributed by atoms with Crippen LogP contribution in [0.25, 0.3) is 10.9 Å². The van der Waals surface area contributed by atoms with Gasteiger partial charge >= 0.3 is 6.18 Å². The number of hydrogen-bond acceptors (Lipinski definition) is 7. The molecule has 10 heteroatoms. The molecule has 0 bridgehead atoms. The van der Waals surface area contributed by atoms with Gasteiger partial charge in [-0.15, -0.1) is 11.8 Å². The van der Waals surface area contributed by atoms with Gasteiger partial charge in [-0.3, -0.25) is 14.7 Å². The van der Waals surface area contributed by atoms with Crippen LogP contribution in [0.4, 0.5) is 13.2 Å². The van der Waals surface area contributed by atoms with Gasteiger partial charge in [0.15, 0.2) is 0 Å². The van der Waals surface area contributed by atoms with Crippen molar-refractivity contribution < 1.29 is 27.1 Å². The third-order valence-electron chi connectivity index (χ3n) is 5.84. The molecule has 1 saturated heterocycles. The first-order valence-corrected chi connectivity index (χ1v) is 12.4. The van der Waals surface area contributed by atoms with E-state index in [4.69, 9.17) is 13.9 Å². The van der Waals surface area contributed by atoms with Crippen LogP contribution in [0.2, 0.25) is 0 Å². The van der Waals surface area contributed by atoms with Crippen LogP contribution >= 0.6 is 11.8 Å². The molecule has 35 heavy (non-hydrogen) atoms. The summed E-state index contributed by atoms with van der Waals surface area (Å²) in [6.07, 6.45) is 1.10. The third-order valence-corrected chi connectivity index (χ3v) is 6.99. The van der Waals surface area contributed by atoms with Crippen LogP contribution in [-0.4, -0.2) is 48.5 Å². The Balaban J connectivity index is 1.18. The quantitative estimate of drug-likeness (QED) is 0.255. The monoisotopic (exact) mass is 508 g/mol. The Morgan fingerprint density at radius 3 is 2.71 bits per heavy atom. The number of halogens is 3. The molecule has 188 valence electrons. The smallest absolute Gasteiger partial charge is 0.416 e. The molecule has 3 heterocycles. The number of likely N-dealkylation sites (N-methyl/N-ethyl adjacent to an activating group) is 1. The molecule has 0 atom stereocenters. The van der Waals surface area contributed by atoms with E-state index in [9.17, 15) is 18.0 Å². The van der Waals surface area contributed by atoms with Crippen LogP contribution < -0.4 is 10.2 Å². The Bertz CT molecular complexity index is 1200. The Labute approximate surface area is 205 Å². The van der Waals surface area contributed by atoms with Gasteiger partial charge in [0, 0.05) is 22.5 Å². The van der Waals surface area contributed by atoms with Gasteiger partial charge in [0.05, 0.1) is 43.5 Å². The van der Waals surface area contributed by atoms with Gasteiger partial charge < -0.3 is 13.9 Å². The van der Waals surface area contributed by atoms with Gasteiger partial charge in [0.25, 0.3) is 0 Å². The highest BCUT2D eigenvalue weighted by atomic mass is 32.2. The summed E-state index contributed by atoms with van der Waals surface area (Å²) < 4.78 is 55.1. The molecule has 0 unspecified atom stereocenters. The summed E-state index contributed by atoms with van der Waals surface area (Å²) in [5.74, 6) is 1.61. The minimum Gasteiger partial charge on any atom is -0.487 e. The number of benzene rings is 1. The van der Waals surface area contributed by atoms with Crippen molar-refractivity contribution in [3.63, 3.8) is 0 Å². The van der Waals surface area contributed by atoms with Crippen LogP contribution in [-0.2, 0) is 17.5 Å². The van der Waals surface area contributed by atoms with Crippen molar-refractivity contribution in [2.45, 2.75) is 42.9 Å². The van der Waals surface area contributed by atoms with Crippen molar-refractivity contribution >= 4 is 22.7 Å². The summed E-state index contributed by atoms with van der Waals surface area (Å²) in [6.45, 7) is 2.34. The average molecular weight is 509 g/mol. The molecular weight excluding hydrogens is 481 g/mol. The molecule has 0 saturated carbocycles. The summed E-state index contributed by atoms with van der Waals surface area (Å²) >= 11 is 1.60. The molecule has 6 nitrogen and oxygen atoms in total. The average Bonchev–Trinajstić information content (AvgIpc) is 2.77. The lowest BCUT2D eigenvalue weighted by atomic mass is 10.1. The highest BCUT2D eigenvalue weighted by molar-refractivity contribution is 7.99. The summed E-state index contributed by atoms with van der Waals surface area (Å²) in [4.78, 5) is 19.4. The zero-order valence-corrected chi connectivity index (χ0v) is 20.2. The fraction of sp³-hybridized carbons (Fsp3) is 0.440. The lowest BCUT2D eigenvalue weighted by Gasteiger charge is -2.34. The summed E-state index contributed by atoms with van der Waals surface area (Å²) in [7, 11) is 1.97. The first-order chi connectivity index (χ1) is 16.8. The number of nitrogens with zero attached hydrogens (tertiary/aromatic N) is 2. The maximum Gasteiger partial charge on any atom is 0.416 e. The first-order valence-electron chi connectivity index (χ1n) is 11.4. The second-order valence-electron chi connectivity index (χ2n) is 8.48. The van der Waals surface area contributed by atoms with Gasteiger partial charge in [-0.25, -0.2) is 0 Å². The van der Waals surface area contributed by atoms with Crippen LogP contribution in [0.15, 0.2) is 56.9 Å². The van der Waals surface area contributed by atoms with E-state index in [-0.39, 0.29) is 11.2 Å². The van der Waals surface area contributed by atoms with Crippen molar-refractivity contribution in [3.05, 3.63) is 64.3 Å². The van der Waals surface area contributed by atoms with Crippen LogP contribution in [0, 0.1) is 0 Å². The highest BCUT2D eigenvalue weighted by Crippen LogP contribution is 2.34. The van der Waals surface area contributed by atoms with E-state index < -0.39 is 11.7 Å². The highest BCUT2D eigenvalue weighted by Gasteiger charge is 2.30. The maximum absolute atomic E-state index is 12.9. The minimum atomic E-state index is -4.38. The molecule has 0 N–H and O–H groups in total. The first kappa shape index (κ1) is 25.5. The lowest BCUT2D eigenvalue weighted by molar-refractivity contribution is -0.137. The molecule has 2 aromatic heterocycles. The molecule has 0 aliphatic carbocycles. The van der Waals surface area contributed by atoms with Gasteiger partial charge in [-0.2, -0.15) is 13.2 Å². The summed E-state index contributed by atoms with van der Waals surface area (Å²) in [5.41, 5.74) is -0.551. The fourth-order valence-electron chi connectivity index (χ4n) is 3.65. The molecule has 1 fully saturated rings. The molecule has 0 spiro atoms. The predicted octanol–water partition coefficient (Wildman–Crippen LogP) is 5.38. The predicted molar refractivity (Wildman–Crippen MR) is 128 cm³/mol. The van der Waals surface area contributed by atoms with Crippen molar-refractivity contribution in [1.82, 2.24) is 9.88 Å². The standard InChI is InChI=1S/C25H27F3N2O4S/c1-30(18-14-32-15-18)13-19-12-22(31)23(16-34-19)33-9-3-2-4-10-35-24-7-8-29-21-11-17(25(26,27)28)5-6-20(21)24/h5-8,11-12,16,18H,2-4,9-10,13-15H2,1H3. The second kappa shape index (κ2) is 11.5. The van der Waals surface area contributed by atoms with Crippen molar-refractivity contribution in [3.8, 4) is 5.75 Å². The molecule has 0 radical (unpaired) electrons. The van der Waals surface area contributed by atoms with Crippen LogP contribution in [0.5, 0.6) is 5.75 Å². The molecule has 1 aliphatic rings. The normalized spacial score (nSPS) is 14.4. The second-order valence-corrected chi connectivity index (χ2v) is 9.61. The molecule has 1 aliphatic heterocycles. The summed E-state index contributed by atoms with van der Waals surface area (Å²) in [6, 6.07) is 7.31. The number of pyridine rings is 1. The zero-order valence-electron chi connectivity index (χ0n) is 19.3. The number of alkyl halides is 3. The maximum atomic E-state index is 12.9. The number of hydrogen-bond donors (Lipinski definition) is 0. The minimum absolute atomic E-state index is 0.196. The number of rotatable bonds is 11. The fourth-order valence-corrected chi connectivity index (χ4v) is 4.70. The third kappa shape index (κ3) is 6.77. The molecule has 4 rings (SSSR count). The van der Waals surface area contributed by atoms with Crippen molar-refractivity contribution in [1.29, 1.82) is 0 Å². The van der Waals surface area contributed by atoms with Crippen LogP contribution in [0.3, 0.4) is 0 Å². The number of ether oxygens (including phenoxy) is 2. The molecule has 1 aromatic carbocycles. The number of aromatic nitrogens is 1. The zero-order chi connectivity index (χ0) is 24.8. The molecule has 3 aromatic rings. The van der Waals surface area contributed by atoms with Crippen molar-refractivity contribution in [2.24, 2.45) is 0 Å².